The van der Waals surface area contributed by atoms with Crippen LogP contribution in [0.1, 0.15) is 92.4 Å². The van der Waals surface area contributed by atoms with E-state index in [1.54, 1.807) is 12.3 Å². The van der Waals surface area contributed by atoms with Crippen molar-refractivity contribution in [1.82, 2.24) is 14.5 Å². The lowest BCUT2D eigenvalue weighted by Gasteiger charge is -2.53. The van der Waals surface area contributed by atoms with E-state index in [0.29, 0.717) is 74.6 Å². The molecule has 1 atom stereocenters. The molecule has 0 unspecified atom stereocenters. The standard InChI is InChI=1S/C51H59N7O10S/c1-33(2)39-9-5-6-10-40(39)43-12-8-19-57(43)36-29-51(30-36)16-20-56(21-17-51)35-13-14-41(50(59)60)45(26-35)68-46-25-34-15-18-53-49(34)55-42(46)11-4-3-7-22-67-47-28-38(69(52,63)64)27-44(58(61)62)48(47)54-31-37-32-65-23-24-66-37/h5-6,8-10,12-15,18-19,25-28,33,36-37,54H,3-4,7,11,16-17,20-24,29-32H2,1-2H3,(H,53,55)(H,59,60)(H2,52,63,64)/t37-/m0/s1. The molecule has 364 valence electrons. The highest BCUT2D eigenvalue weighted by molar-refractivity contribution is 7.89. The Morgan fingerprint density at radius 2 is 1.83 bits per heavy atom. The van der Waals surface area contributed by atoms with Crippen molar-refractivity contribution in [2.45, 2.75) is 88.2 Å². The molecule has 9 rings (SSSR count). The number of fused-ring (bicyclic) bond motifs is 1. The normalized spacial score (nSPS) is 17.3. The molecule has 0 radical (unpaired) electrons. The fraction of sp³-hybridized carbons (Fsp3) is 0.412. The van der Waals surface area contributed by atoms with Crippen molar-refractivity contribution >= 4 is 44.1 Å². The zero-order valence-electron chi connectivity index (χ0n) is 38.9. The molecule has 3 aromatic heterocycles. The van der Waals surface area contributed by atoms with Gasteiger partial charge in [0, 0.05) is 78.6 Å². The number of nitro groups is 1. The summed E-state index contributed by atoms with van der Waals surface area (Å²) in [6.45, 7) is 7.62. The summed E-state index contributed by atoms with van der Waals surface area (Å²) in [4.78, 5) is 33.9. The van der Waals surface area contributed by atoms with Crippen LogP contribution in [0.25, 0.3) is 22.3 Å². The number of hydrogen-bond acceptors (Lipinski definition) is 12. The molecule has 3 fully saturated rings. The second-order valence-corrected chi connectivity index (χ2v) is 20.3. The van der Waals surface area contributed by atoms with Gasteiger partial charge < -0.3 is 43.8 Å². The number of sulfonamides is 1. The average molecular weight is 962 g/mol. The first kappa shape index (κ1) is 47.6. The van der Waals surface area contributed by atoms with Gasteiger partial charge >= 0.3 is 5.97 Å². The maximum atomic E-state index is 12.6. The number of primary sulfonamides is 1. The number of ether oxygens (including phenoxy) is 4. The highest BCUT2D eigenvalue weighted by atomic mass is 32.2. The van der Waals surface area contributed by atoms with Crippen LogP contribution in [0.4, 0.5) is 17.1 Å². The van der Waals surface area contributed by atoms with Gasteiger partial charge in [0.15, 0.2) is 11.4 Å². The third-order valence-corrected chi connectivity index (χ3v) is 14.7. The summed E-state index contributed by atoms with van der Waals surface area (Å²) in [6, 6.07) is 24.8. The first-order valence-corrected chi connectivity index (χ1v) is 25.2. The lowest BCUT2D eigenvalue weighted by atomic mass is 9.60. The molecule has 18 heteroatoms. The SMILES string of the molecule is CC(C)c1ccccc1-c1cccn1C1CC2(CCN(c3ccc(C(=O)O)c(Oc4cc5cc[nH]c5nc4CCCCCOc4cc(S(N)(=O)=O)cc([N+](=O)[O-])c4NC[C@H]4COCCO4)c3)CC2)C1. The highest BCUT2D eigenvalue weighted by Gasteiger charge is 2.47. The number of nitro benzene ring substituents is 1. The predicted molar refractivity (Wildman–Crippen MR) is 262 cm³/mol. The van der Waals surface area contributed by atoms with Crippen molar-refractivity contribution in [2.24, 2.45) is 10.6 Å². The van der Waals surface area contributed by atoms with E-state index in [2.05, 4.69) is 76.2 Å². The average Bonchev–Trinajstić information content (AvgIpc) is 4.01. The summed E-state index contributed by atoms with van der Waals surface area (Å²) in [5, 5.41) is 31.6. The number of carbonyl (C=O) groups is 1. The van der Waals surface area contributed by atoms with Gasteiger partial charge in [-0.2, -0.15) is 0 Å². The predicted octanol–water partition coefficient (Wildman–Crippen LogP) is 9.44. The number of carboxylic acids is 1. The monoisotopic (exact) mass is 961 g/mol. The number of nitrogens with zero attached hydrogens (tertiary/aromatic N) is 4. The van der Waals surface area contributed by atoms with Crippen LogP contribution in [0.2, 0.25) is 0 Å². The summed E-state index contributed by atoms with van der Waals surface area (Å²) >= 11 is 0. The number of nitrogens with two attached hydrogens (primary N) is 1. The first-order chi connectivity index (χ1) is 33.2. The number of anilines is 2. The van der Waals surface area contributed by atoms with E-state index in [1.165, 1.54) is 22.9 Å². The van der Waals surface area contributed by atoms with Crippen LogP contribution >= 0.6 is 0 Å². The van der Waals surface area contributed by atoms with Crippen LogP contribution in [-0.4, -0.2) is 91.1 Å². The molecule has 0 amide bonds. The zero-order valence-corrected chi connectivity index (χ0v) is 39.7. The molecule has 3 aliphatic rings. The summed E-state index contributed by atoms with van der Waals surface area (Å²) in [5.74, 6) is -0.000685. The van der Waals surface area contributed by atoms with E-state index in [0.717, 1.165) is 55.9 Å². The molecule has 3 aromatic carbocycles. The number of aromatic carboxylic acids is 1. The van der Waals surface area contributed by atoms with Gasteiger partial charge in [-0.05, 0) is 105 Å². The van der Waals surface area contributed by atoms with Crippen molar-refractivity contribution < 1.29 is 42.2 Å². The Hall–Kier alpha value is -6.47. The number of rotatable bonds is 19. The number of unbranched alkanes of at least 4 members (excludes halogenated alkanes) is 2. The fourth-order valence-corrected chi connectivity index (χ4v) is 10.7. The number of aryl methyl sites for hydroxylation is 1. The Morgan fingerprint density at radius 1 is 1.01 bits per heavy atom. The minimum atomic E-state index is -4.29. The largest absolute Gasteiger partial charge is 0.491 e. The Bertz CT molecular complexity index is 2930. The quantitative estimate of drug-likeness (QED) is 0.0337. The summed E-state index contributed by atoms with van der Waals surface area (Å²) in [7, 11) is -4.29. The van der Waals surface area contributed by atoms with Crippen LogP contribution in [0.3, 0.4) is 0 Å². The topological polar surface area (TPSA) is 226 Å². The molecule has 2 aliphatic heterocycles. The van der Waals surface area contributed by atoms with E-state index in [9.17, 15) is 28.4 Å². The number of nitrogens with one attached hydrogen (secondary N) is 2. The van der Waals surface area contributed by atoms with Crippen LogP contribution in [0.15, 0.2) is 96.2 Å². The molecular formula is C51H59N7O10S. The Kier molecular flexibility index (Phi) is 14.0. The molecule has 69 heavy (non-hydrogen) atoms. The van der Waals surface area contributed by atoms with Gasteiger partial charge in [-0.1, -0.05) is 38.1 Å². The molecule has 1 aliphatic carbocycles. The second kappa shape index (κ2) is 20.2. The molecule has 2 saturated heterocycles. The van der Waals surface area contributed by atoms with E-state index < -0.39 is 31.5 Å². The molecular weight excluding hydrogens is 903 g/mol. The van der Waals surface area contributed by atoms with Crippen molar-refractivity contribution in [2.75, 3.05) is 56.3 Å². The smallest absolute Gasteiger partial charge is 0.339 e. The fourth-order valence-electron chi connectivity index (χ4n) is 10.1. The number of pyridine rings is 1. The van der Waals surface area contributed by atoms with Crippen LogP contribution in [0.5, 0.6) is 17.2 Å². The van der Waals surface area contributed by atoms with E-state index in [1.807, 2.05) is 24.3 Å². The van der Waals surface area contributed by atoms with Gasteiger partial charge in [-0.15, -0.1) is 0 Å². The number of benzene rings is 3. The second-order valence-electron chi connectivity index (χ2n) is 18.8. The number of carboxylic acid groups (broad SMARTS) is 1. The van der Waals surface area contributed by atoms with Crippen LogP contribution in [0, 0.1) is 15.5 Å². The Balaban J connectivity index is 0.843. The number of aromatic amines is 1. The van der Waals surface area contributed by atoms with Gasteiger partial charge in [-0.3, -0.25) is 10.1 Å². The third kappa shape index (κ3) is 10.6. The number of H-pyrrole nitrogens is 1. The van der Waals surface area contributed by atoms with Crippen molar-refractivity contribution in [3.05, 3.63) is 118 Å². The number of hydrogen-bond donors (Lipinski definition) is 4. The van der Waals surface area contributed by atoms with E-state index >= 15 is 0 Å². The Labute approximate surface area is 401 Å². The lowest BCUT2D eigenvalue weighted by molar-refractivity contribution is -0.384. The molecule has 5 heterocycles. The van der Waals surface area contributed by atoms with Crippen molar-refractivity contribution in [3.8, 4) is 28.5 Å². The van der Waals surface area contributed by atoms with Crippen molar-refractivity contribution in [1.29, 1.82) is 0 Å². The maximum absolute atomic E-state index is 12.6. The van der Waals surface area contributed by atoms with Crippen molar-refractivity contribution in [3.63, 3.8) is 0 Å². The minimum Gasteiger partial charge on any atom is -0.491 e. The molecule has 5 N–H and O–H groups in total. The van der Waals surface area contributed by atoms with Crippen LogP contribution < -0.4 is 24.8 Å². The third-order valence-electron chi connectivity index (χ3n) is 13.8. The number of piperidine rings is 1. The summed E-state index contributed by atoms with van der Waals surface area (Å²) < 4.78 is 50.8. The van der Waals surface area contributed by atoms with Gasteiger partial charge in [0.05, 0.1) is 48.0 Å². The van der Waals surface area contributed by atoms with Gasteiger partial charge in [0.1, 0.15) is 22.7 Å². The van der Waals surface area contributed by atoms with Gasteiger partial charge in [0.25, 0.3) is 5.69 Å². The minimum absolute atomic E-state index is 0.0129. The van der Waals surface area contributed by atoms with E-state index in [-0.39, 0.29) is 47.4 Å². The maximum Gasteiger partial charge on any atom is 0.339 e. The Morgan fingerprint density at radius 3 is 2.57 bits per heavy atom. The van der Waals surface area contributed by atoms with Gasteiger partial charge in [0.2, 0.25) is 10.0 Å². The molecule has 6 aromatic rings. The molecule has 0 bridgehead atoms. The molecule has 1 spiro atoms. The zero-order chi connectivity index (χ0) is 48.3. The number of aromatic nitrogens is 3. The van der Waals surface area contributed by atoms with E-state index in [4.69, 9.17) is 29.1 Å². The highest BCUT2D eigenvalue weighted by Crippen LogP contribution is 2.56. The summed E-state index contributed by atoms with van der Waals surface area (Å²) in [5.41, 5.74) is 6.01. The van der Waals surface area contributed by atoms with Crippen LogP contribution in [-0.2, 0) is 25.9 Å². The molecule has 1 saturated carbocycles. The lowest BCUT2D eigenvalue weighted by Crippen LogP contribution is -2.47. The first-order valence-electron chi connectivity index (χ1n) is 23.7. The van der Waals surface area contributed by atoms with Gasteiger partial charge in [-0.25, -0.2) is 23.3 Å². The summed E-state index contributed by atoms with van der Waals surface area (Å²) in [6.07, 6.45) is 10.3. The molecule has 17 nitrogen and oxygen atoms in total.